The summed E-state index contributed by atoms with van der Waals surface area (Å²) in [5, 5.41) is 8.78. The Kier molecular flexibility index (Phi) is 2.96. The van der Waals surface area contributed by atoms with Gasteiger partial charge in [-0.15, -0.1) is 0 Å². The zero-order chi connectivity index (χ0) is 12.6. The van der Waals surface area contributed by atoms with Crippen LogP contribution in [0.5, 0.6) is 0 Å². The normalized spacial score (nSPS) is 15.6. The predicted molar refractivity (Wildman–Crippen MR) is 50.6 cm³/mol. The van der Waals surface area contributed by atoms with Gasteiger partial charge in [-0.05, 0) is 24.6 Å². The summed E-state index contributed by atoms with van der Waals surface area (Å²) in [5.74, 6) is -1.38. The summed E-state index contributed by atoms with van der Waals surface area (Å²) < 4.78 is 37.1. The van der Waals surface area contributed by atoms with E-state index in [4.69, 9.17) is 10.8 Å². The maximum absolute atomic E-state index is 12.4. The second kappa shape index (κ2) is 3.79. The van der Waals surface area contributed by atoms with E-state index in [9.17, 15) is 18.0 Å². The number of aliphatic carboxylic acids is 1. The third kappa shape index (κ3) is 2.33. The van der Waals surface area contributed by atoms with Gasteiger partial charge in [0, 0.05) is 0 Å². The molecule has 0 aliphatic rings. The van der Waals surface area contributed by atoms with Crippen molar-refractivity contribution in [3.8, 4) is 0 Å². The Balaban J connectivity index is 3.23. The Morgan fingerprint density at radius 3 is 2.25 bits per heavy atom. The lowest BCUT2D eigenvalue weighted by atomic mass is 9.92. The smallest absolute Gasteiger partial charge is 0.416 e. The van der Waals surface area contributed by atoms with Crippen LogP contribution < -0.4 is 5.73 Å². The number of carbonyl (C=O) groups is 1. The molecule has 0 radical (unpaired) electrons. The van der Waals surface area contributed by atoms with Crippen LogP contribution in [0.25, 0.3) is 0 Å². The van der Waals surface area contributed by atoms with E-state index < -0.39 is 23.2 Å². The van der Waals surface area contributed by atoms with Gasteiger partial charge in [0.15, 0.2) is 0 Å². The summed E-state index contributed by atoms with van der Waals surface area (Å²) in [5.41, 5.74) is 2.59. The van der Waals surface area contributed by atoms with Crippen LogP contribution in [0, 0.1) is 0 Å². The summed E-state index contributed by atoms with van der Waals surface area (Å²) in [4.78, 5) is 10.8. The van der Waals surface area contributed by atoms with Crippen molar-refractivity contribution in [3.63, 3.8) is 0 Å². The van der Waals surface area contributed by atoms with Crippen LogP contribution in [0.3, 0.4) is 0 Å². The van der Waals surface area contributed by atoms with Gasteiger partial charge in [0.25, 0.3) is 0 Å². The number of halogens is 3. The van der Waals surface area contributed by atoms with Gasteiger partial charge in [0.2, 0.25) is 0 Å². The molecule has 0 aliphatic heterocycles. The molecule has 0 saturated heterocycles. The second-order valence-corrected chi connectivity index (χ2v) is 3.59. The van der Waals surface area contributed by atoms with Gasteiger partial charge in [-0.1, -0.05) is 12.1 Å². The van der Waals surface area contributed by atoms with Crippen molar-refractivity contribution >= 4 is 5.97 Å². The molecule has 3 N–H and O–H groups in total. The highest BCUT2D eigenvalue weighted by Crippen LogP contribution is 2.31. The molecule has 6 heteroatoms. The van der Waals surface area contributed by atoms with Crippen molar-refractivity contribution in [2.75, 3.05) is 0 Å². The molecule has 1 unspecified atom stereocenters. The summed E-state index contributed by atoms with van der Waals surface area (Å²) >= 11 is 0. The van der Waals surface area contributed by atoms with Crippen LogP contribution >= 0.6 is 0 Å². The number of alkyl halides is 3. The first kappa shape index (κ1) is 12.5. The number of carboxylic acid groups (broad SMARTS) is 1. The van der Waals surface area contributed by atoms with Crippen LogP contribution in [0.15, 0.2) is 24.3 Å². The van der Waals surface area contributed by atoms with E-state index in [0.29, 0.717) is 0 Å². The van der Waals surface area contributed by atoms with Gasteiger partial charge in [-0.25, -0.2) is 4.79 Å². The van der Waals surface area contributed by atoms with Crippen molar-refractivity contribution in [3.05, 3.63) is 35.4 Å². The van der Waals surface area contributed by atoms with Gasteiger partial charge in [0.1, 0.15) is 5.54 Å². The van der Waals surface area contributed by atoms with Crippen molar-refractivity contribution in [1.82, 2.24) is 0 Å². The number of hydrogen-bond donors (Lipinski definition) is 2. The quantitative estimate of drug-likeness (QED) is 0.820. The molecular weight excluding hydrogens is 223 g/mol. The van der Waals surface area contributed by atoms with Gasteiger partial charge in [0.05, 0.1) is 5.56 Å². The van der Waals surface area contributed by atoms with E-state index in [-0.39, 0.29) is 5.56 Å². The van der Waals surface area contributed by atoms with Crippen LogP contribution in [0.1, 0.15) is 18.1 Å². The highest BCUT2D eigenvalue weighted by Gasteiger charge is 2.35. The van der Waals surface area contributed by atoms with E-state index in [1.807, 2.05) is 0 Å². The highest BCUT2D eigenvalue weighted by molar-refractivity contribution is 5.79. The Morgan fingerprint density at radius 1 is 1.31 bits per heavy atom. The summed E-state index contributed by atoms with van der Waals surface area (Å²) in [6, 6.07) is 3.99. The lowest BCUT2D eigenvalue weighted by Gasteiger charge is -2.20. The van der Waals surface area contributed by atoms with E-state index in [1.54, 1.807) is 0 Å². The molecule has 0 spiro atoms. The van der Waals surface area contributed by atoms with Crippen molar-refractivity contribution in [2.45, 2.75) is 18.6 Å². The predicted octanol–water partition coefficient (Wildman–Crippen LogP) is 1.96. The van der Waals surface area contributed by atoms with E-state index in [2.05, 4.69) is 0 Å². The van der Waals surface area contributed by atoms with Crippen LogP contribution in [-0.4, -0.2) is 11.1 Å². The Labute approximate surface area is 89.7 Å². The van der Waals surface area contributed by atoms with Crippen LogP contribution in [0.2, 0.25) is 0 Å². The molecule has 1 aromatic carbocycles. The molecule has 0 saturated carbocycles. The molecule has 0 bridgehead atoms. The Morgan fingerprint density at radius 2 is 1.81 bits per heavy atom. The van der Waals surface area contributed by atoms with Crippen LogP contribution in [0.4, 0.5) is 13.2 Å². The number of hydrogen-bond acceptors (Lipinski definition) is 2. The zero-order valence-electron chi connectivity index (χ0n) is 8.38. The lowest BCUT2D eigenvalue weighted by Crippen LogP contribution is -2.41. The third-order valence-electron chi connectivity index (χ3n) is 2.23. The second-order valence-electron chi connectivity index (χ2n) is 3.59. The minimum atomic E-state index is -4.51. The molecule has 3 nitrogen and oxygen atoms in total. The number of rotatable bonds is 2. The number of benzene rings is 1. The van der Waals surface area contributed by atoms with Gasteiger partial charge >= 0.3 is 12.1 Å². The molecule has 1 rings (SSSR count). The molecule has 0 aliphatic carbocycles. The Hall–Kier alpha value is -1.56. The summed E-state index contributed by atoms with van der Waals surface area (Å²) in [6.07, 6.45) is -4.51. The van der Waals surface area contributed by atoms with E-state index in [1.165, 1.54) is 6.07 Å². The molecule has 0 fully saturated rings. The highest BCUT2D eigenvalue weighted by atomic mass is 19.4. The number of carboxylic acids is 1. The maximum atomic E-state index is 12.4. The first-order valence-corrected chi connectivity index (χ1v) is 4.35. The average molecular weight is 233 g/mol. The molecular formula is C10H10F3NO2. The molecule has 0 aromatic heterocycles. The SMILES string of the molecule is CC(N)(C(=O)O)c1cccc(C(F)(F)F)c1. The minimum Gasteiger partial charge on any atom is -0.480 e. The minimum absolute atomic E-state index is 0.0881. The first-order valence-electron chi connectivity index (χ1n) is 4.35. The van der Waals surface area contributed by atoms with Gasteiger partial charge < -0.3 is 10.8 Å². The molecule has 0 amide bonds. The number of nitrogens with two attached hydrogens (primary N) is 1. The maximum Gasteiger partial charge on any atom is 0.416 e. The molecule has 16 heavy (non-hydrogen) atoms. The summed E-state index contributed by atoms with van der Waals surface area (Å²) in [6.45, 7) is 1.14. The fourth-order valence-corrected chi connectivity index (χ4v) is 1.14. The molecule has 1 aromatic rings. The topological polar surface area (TPSA) is 63.3 Å². The monoisotopic (exact) mass is 233 g/mol. The molecule has 0 heterocycles. The first-order chi connectivity index (χ1) is 7.15. The fourth-order valence-electron chi connectivity index (χ4n) is 1.14. The zero-order valence-corrected chi connectivity index (χ0v) is 8.38. The lowest BCUT2D eigenvalue weighted by molar-refractivity contribution is -0.143. The van der Waals surface area contributed by atoms with Crippen molar-refractivity contribution in [2.24, 2.45) is 5.73 Å². The van der Waals surface area contributed by atoms with E-state index >= 15 is 0 Å². The molecule has 1 atom stereocenters. The van der Waals surface area contributed by atoms with Crippen LogP contribution in [-0.2, 0) is 16.5 Å². The Bertz CT molecular complexity index is 413. The molecule has 88 valence electrons. The van der Waals surface area contributed by atoms with E-state index in [0.717, 1.165) is 25.1 Å². The standard InChI is InChI=1S/C10H10F3NO2/c1-9(14,8(15)16)6-3-2-4-7(5-6)10(11,12)13/h2-5H,14H2,1H3,(H,15,16). The largest absolute Gasteiger partial charge is 0.480 e. The summed E-state index contributed by atoms with van der Waals surface area (Å²) in [7, 11) is 0. The van der Waals surface area contributed by atoms with Gasteiger partial charge in [-0.3, -0.25) is 0 Å². The fraction of sp³-hybridized carbons (Fsp3) is 0.300. The van der Waals surface area contributed by atoms with Crippen molar-refractivity contribution < 1.29 is 23.1 Å². The van der Waals surface area contributed by atoms with Crippen molar-refractivity contribution in [1.29, 1.82) is 0 Å². The average Bonchev–Trinajstić information content (AvgIpc) is 2.16. The third-order valence-corrected chi connectivity index (χ3v) is 2.23. The van der Waals surface area contributed by atoms with Gasteiger partial charge in [-0.2, -0.15) is 13.2 Å².